The molecule has 0 unspecified atom stereocenters. The Morgan fingerprint density at radius 3 is 0.923 bits per heavy atom. The third-order valence-corrected chi connectivity index (χ3v) is 17.2. The largest absolute Gasteiger partial charge is 0.457 e. The van der Waals surface area contributed by atoms with Crippen molar-refractivity contribution in [3.05, 3.63) is 227 Å². The van der Waals surface area contributed by atoms with Crippen LogP contribution in [0.15, 0.2) is 245 Å². The molecule has 0 radical (unpaired) electrons. The van der Waals surface area contributed by atoms with Crippen LogP contribution in [-0.2, 0) is 38.0 Å². The van der Waals surface area contributed by atoms with E-state index in [0.717, 1.165) is 11.5 Å². The lowest BCUT2D eigenvalue weighted by Crippen LogP contribution is -2.13. The normalized spacial score (nSPS) is 11.9. The predicted octanol–water partition coefficient (Wildman–Crippen LogP) is 18.0. The van der Waals surface area contributed by atoms with Crippen molar-refractivity contribution in [2.24, 2.45) is 0 Å². The maximum absolute atomic E-state index is 5.98. The predicted molar refractivity (Wildman–Crippen MR) is 289 cm³/mol. The molecule has 0 atom stereocenters. The van der Waals surface area contributed by atoms with Crippen LogP contribution in [0.5, 0.6) is 11.5 Å². The highest BCUT2D eigenvalue weighted by Crippen LogP contribution is 2.37. The van der Waals surface area contributed by atoms with E-state index < -0.39 is 0 Å². The quantitative estimate of drug-likeness (QED) is 0.0997. The van der Waals surface area contributed by atoms with Gasteiger partial charge in [0.15, 0.2) is 29.4 Å². The molecule has 0 bridgehead atoms. The van der Waals surface area contributed by atoms with Gasteiger partial charge in [0.1, 0.15) is 11.5 Å². The molecule has 0 aliphatic carbocycles. The lowest BCUT2D eigenvalue weighted by Gasteiger charge is -2.20. The van der Waals surface area contributed by atoms with Crippen molar-refractivity contribution in [3.8, 4) is 11.5 Å². The Morgan fingerprint density at radius 2 is 0.585 bits per heavy atom. The number of hydrogen-bond acceptors (Lipinski definition) is 2. The molecule has 0 aromatic heterocycles. The first-order chi connectivity index (χ1) is 31.0. The molecule has 330 valence electrons. The van der Waals surface area contributed by atoms with Gasteiger partial charge in [-0.25, -0.2) is 0 Å². The molecule has 8 rings (SSSR count). The van der Waals surface area contributed by atoms with E-state index in [-0.39, 0.29) is 38.0 Å². The van der Waals surface area contributed by atoms with E-state index in [0.29, 0.717) is 0 Å². The Bertz CT molecular complexity index is 2600. The van der Waals surface area contributed by atoms with Crippen LogP contribution < -0.4 is 4.74 Å². The van der Waals surface area contributed by atoms with Crippen molar-refractivity contribution in [2.45, 2.75) is 118 Å². The first-order valence-corrected chi connectivity index (χ1v) is 26.6. The van der Waals surface area contributed by atoms with Gasteiger partial charge in [-0.05, 0) is 189 Å². The molecule has 0 amide bonds. The summed E-state index contributed by atoms with van der Waals surface area (Å²) in [6, 6.07) is 74.7. The fourth-order valence-electron chi connectivity index (χ4n) is 7.20. The first kappa shape index (κ1) is 48.3. The molecule has 0 saturated heterocycles. The van der Waals surface area contributed by atoms with Crippen LogP contribution in [0.1, 0.15) is 79.0 Å². The maximum Gasteiger partial charge on any atom is 0.166 e. The van der Waals surface area contributed by atoms with Crippen molar-refractivity contribution in [2.75, 3.05) is 0 Å². The highest BCUT2D eigenvalue weighted by molar-refractivity contribution is 14.1. The molecule has 0 N–H and O–H groups in total. The summed E-state index contributed by atoms with van der Waals surface area (Å²) in [5.41, 5.74) is 4.59. The van der Waals surface area contributed by atoms with Crippen LogP contribution in [0.4, 0.5) is 0 Å². The van der Waals surface area contributed by atoms with Crippen LogP contribution >= 0.6 is 34.4 Å². The van der Waals surface area contributed by atoms with E-state index in [4.69, 9.17) is 4.74 Å². The molecule has 0 aliphatic rings. The Hall–Kier alpha value is -4.66. The van der Waals surface area contributed by atoms with Gasteiger partial charge in [-0.15, -0.1) is 0 Å². The summed E-state index contributed by atoms with van der Waals surface area (Å²) in [6.45, 7) is 20.5. The molecule has 5 heteroatoms. The lowest BCUT2D eigenvalue weighted by molar-refractivity contribution is 0.482. The average molecular weight is 1020 g/mol. The summed E-state index contributed by atoms with van der Waals surface area (Å²) >= 11 is 4.13. The summed E-state index contributed by atoms with van der Waals surface area (Å²) in [7, 11) is -0.291. The molecule has 1 nitrogen and oxygen atoms in total. The number of halogens is 1. The van der Waals surface area contributed by atoms with E-state index in [1.54, 1.807) is 0 Å². The maximum atomic E-state index is 5.98. The van der Waals surface area contributed by atoms with Crippen molar-refractivity contribution >= 4 is 56.1 Å². The monoisotopic (exact) mass is 1020 g/mol. The number of benzene rings is 8. The molecule has 8 aromatic carbocycles. The van der Waals surface area contributed by atoms with Gasteiger partial charge < -0.3 is 4.74 Å². The Kier molecular flexibility index (Phi) is 15.8. The molecule has 0 aliphatic heterocycles. The number of hydrogen-bond donors (Lipinski definition) is 0. The van der Waals surface area contributed by atoms with Crippen LogP contribution in [0.25, 0.3) is 0 Å². The highest BCUT2D eigenvalue weighted by Gasteiger charge is 2.31. The molecule has 65 heavy (non-hydrogen) atoms. The van der Waals surface area contributed by atoms with Gasteiger partial charge in [0.05, 0.1) is 21.8 Å². The third kappa shape index (κ3) is 13.3. The van der Waals surface area contributed by atoms with Crippen molar-refractivity contribution in [1.82, 2.24) is 0 Å². The molecule has 8 aromatic rings. The molecular formula is C60H61IOS3+2. The summed E-state index contributed by atoms with van der Waals surface area (Å²) in [6.07, 6.45) is 0. The SMILES string of the molecule is CC(C)(C)c1ccc(Sc2ccc([S+](c3ccc(C(C)(C)C)cc3)c3ccc(C(C)(C)C)cc3)cc2)cc1.Ic1ccc(Oc2ccc([S+](c3ccccc3)c3ccccc3)cc2)cc1. The second-order valence-electron chi connectivity index (χ2n) is 19.2. The summed E-state index contributed by atoms with van der Waals surface area (Å²) in [4.78, 5) is 10.5. The summed E-state index contributed by atoms with van der Waals surface area (Å²) < 4.78 is 7.18. The average Bonchev–Trinajstić information content (AvgIpc) is 3.29. The second-order valence-corrected chi connectivity index (χ2v) is 25.6. The smallest absolute Gasteiger partial charge is 0.166 e. The Balaban J connectivity index is 0.000000205. The second kappa shape index (κ2) is 21.3. The third-order valence-electron chi connectivity index (χ3n) is 11.0. The Morgan fingerprint density at radius 1 is 0.323 bits per heavy atom. The lowest BCUT2D eigenvalue weighted by atomic mass is 9.87. The molecule has 0 saturated carbocycles. The minimum Gasteiger partial charge on any atom is -0.457 e. The van der Waals surface area contributed by atoms with Gasteiger partial charge in [0.2, 0.25) is 0 Å². The molecule has 0 heterocycles. The van der Waals surface area contributed by atoms with Crippen molar-refractivity contribution in [3.63, 3.8) is 0 Å². The van der Waals surface area contributed by atoms with E-state index >= 15 is 0 Å². The van der Waals surface area contributed by atoms with Gasteiger partial charge in [-0.2, -0.15) is 0 Å². The number of ether oxygens (including phenoxy) is 1. The first-order valence-electron chi connectivity index (χ1n) is 22.2. The van der Waals surface area contributed by atoms with E-state index in [1.165, 1.54) is 59.4 Å². The van der Waals surface area contributed by atoms with Crippen LogP contribution in [0, 0.1) is 3.57 Å². The summed E-state index contributed by atoms with van der Waals surface area (Å²) in [5.74, 6) is 1.71. The molecular weight excluding hydrogens is 960 g/mol. The zero-order valence-corrected chi connectivity index (χ0v) is 43.7. The minimum absolute atomic E-state index is 0.129. The molecule has 0 spiro atoms. The number of rotatable bonds is 10. The topological polar surface area (TPSA) is 9.23 Å². The van der Waals surface area contributed by atoms with Crippen molar-refractivity contribution in [1.29, 1.82) is 0 Å². The molecule has 0 fully saturated rings. The van der Waals surface area contributed by atoms with E-state index in [2.05, 4.69) is 267 Å². The van der Waals surface area contributed by atoms with Crippen LogP contribution in [0.3, 0.4) is 0 Å². The zero-order valence-electron chi connectivity index (χ0n) is 39.1. The van der Waals surface area contributed by atoms with E-state index in [9.17, 15) is 0 Å². The van der Waals surface area contributed by atoms with Gasteiger partial charge >= 0.3 is 0 Å². The van der Waals surface area contributed by atoms with Crippen LogP contribution in [0.2, 0.25) is 0 Å². The fraction of sp³-hybridized carbons (Fsp3) is 0.200. The summed E-state index contributed by atoms with van der Waals surface area (Å²) in [5, 5.41) is 0. The zero-order chi connectivity index (χ0) is 46.2. The van der Waals surface area contributed by atoms with E-state index in [1.807, 2.05) is 36.0 Å². The van der Waals surface area contributed by atoms with Crippen LogP contribution in [-0.4, -0.2) is 0 Å². The Labute approximate surface area is 413 Å². The van der Waals surface area contributed by atoms with Gasteiger partial charge in [0, 0.05) is 13.4 Å². The van der Waals surface area contributed by atoms with Gasteiger partial charge in [-0.1, -0.05) is 147 Å². The van der Waals surface area contributed by atoms with Gasteiger partial charge in [-0.3, -0.25) is 0 Å². The van der Waals surface area contributed by atoms with Gasteiger partial charge in [0.25, 0.3) is 0 Å². The van der Waals surface area contributed by atoms with Crippen molar-refractivity contribution < 1.29 is 4.74 Å². The fourth-order valence-corrected chi connectivity index (χ4v) is 12.5. The highest BCUT2D eigenvalue weighted by atomic mass is 127. The minimum atomic E-state index is -0.162. The standard InChI is InChI=1S/C36H43S2.C24H18IOS/c1-34(2,3)26-10-16-29(17-11-26)37-30-18-24-33(25-19-30)38(31-20-12-27(13-21-31)35(4,5)6)32-22-14-28(15-23-32)36(7,8)9;25-19-11-13-20(14-12-19)26-21-15-17-24(18-16-21)27(22-7-3-1-4-8-22)23-9-5-2-6-10-23/h10-25H,1-9H3;1-18H/q2*+1.